The molecule has 2 aromatic carbocycles. The Morgan fingerprint density at radius 3 is 2.48 bits per heavy atom. The van der Waals surface area contributed by atoms with Crippen LogP contribution in [0.25, 0.3) is 22.6 Å². The van der Waals surface area contributed by atoms with Crippen molar-refractivity contribution in [2.45, 2.75) is 47.5 Å². The Bertz CT molecular complexity index is 1150. The molecular formula is C28H33N. The molecule has 0 aliphatic carbocycles. The van der Waals surface area contributed by atoms with Crippen LogP contribution in [0.1, 0.15) is 52.2 Å². The SMILES string of the molecule is CCc1ccccc1/C(C)=c1/c(=C\C(C)=C\C=C/C(C)CC)[nH]c2ccccc12. The van der Waals surface area contributed by atoms with E-state index >= 15 is 0 Å². The maximum absolute atomic E-state index is 3.65. The molecule has 0 saturated heterocycles. The highest BCUT2D eigenvalue weighted by Gasteiger charge is 2.07. The van der Waals surface area contributed by atoms with Crippen molar-refractivity contribution in [3.8, 4) is 0 Å². The van der Waals surface area contributed by atoms with Gasteiger partial charge in [-0.3, -0.25) is 0 Å². The average Bonchev–Trinajstić information content (AvgIpc) is 3.10. The lowest BCUT2D eigenvalue weighted by atomic mass is 9.97. The van der Waals surface area contributed by atoms with E-state index in [2.05, 4.69) is 112 Å². The summed E-state index contributed by atoms with van der Waals surface area (Å²) in [5.74, 6) is 0.615. The second-order valence-electron chi connectivity index (χ2n) is 7.92. The molecule has 1 atom stereocenters. The van der Waals surface area contributed by atoms with Crippen molar-refractivity contribution in [1.82, 2.24) is 4.98 Å². The molecule has 0 aliphatic rings. The minimum Gasteiger partial charge on any atom is -0.354 e. The third-order valence-corrected chi connectivity index (χ3v) is 5.73. The summed E-state index contributed by atoms with van der Waals surface area (Å²) >= 11 is 0. The summed E-state index contributed by atoms with van der Waals surface area (Å²) in [5.41, 5.74) is 6.49. The van der Waals surface area contributed by atoms with Crippen LogP contribution in [0.5, 0.6) is 0 Å². The van der Waals surface area contributed by atoms with Crippen LogP contribution in [0.15, 0.2) is 72.3 Å². The molecule has 1 heterocycles. The molecule has 0 amide bonds. The van der Waals surface area contributed by atoms with Crippen LogP contribution in [0.4, 0.5) is 0 Å². The first-order chi connectivity index (χ1) is 14.0. The van der Waals surface area contributed by atoms with Crippen molar-refractivity contribution in [3.63, 3.8) is 0 Å². The summed E-state index contributed by atoms with van der Waals surface area (Å²) in [7, 11) is 0. The van der Waals surface area contributed by atoms with Crippen LogP contribution < -0.4 is 10.6 Å². The maximum atomic E-state index is 3.65. The van der Waals surface area contributed by atoms with Crippen LogP contribution in [-0.2, 0) is 6.42 Å². The van der Waals surface area contributed by atoms with Crippen LogP contribution in [0, 0.1) is 5.92 Å². The van der Waals surface area contributed by atoms with E-state index < -0.39 is 0 Å². The molecule has 0 bridgehead atoms. The number of fused-ring (bicyclic) bond motifs is 1. The van der Waals surface area contributed by atoms with Gasteiger partial charge in [0.1, 0.15) is 0 Å². The van der Waals surface area contributed by atoms with Gasteiger partial charge in [-0.1, -0.05) is 87.9 Å². The minimum absolute atomic E-state index is 0.615. The smallest absolute Gasteiger partial charge is 0.0470 e. The number of aryl methyl sites for hydroxylation is 1. The third kappa shape index (κ3) is 4.79. The first-order valence-electron chi connectivity index (χ1n) is 10.8. The lowest BCUT2D eigenvalue weighted by Gasteiger charge is -2.08. The van der Waals surface area contributed by atoms with Gasteiger partial charge in [0, 0.05) is 21.5 Å². The summed E-state index contributed by atoms with van der Waals surface area (Å²) in [6, 6.07) is 17.4. The van der Waals surface area contributed by atoms with Gasteiger partial charge < -0.3 is 4.98 Å². The van der Waals surface area contributed by atoms with Gasteiger partial charge in [0.2, 0.25) is 0 Å². The number of nitrogens with one attached hydrogen (secondary N) is 1. The Hall–Kier alpha value is -2.80. The number of allylic oxidation sites excluding steroid dienone is 4. The highest BCUT2D eigenvalue weighted by atomic mass is 14.7. The van der Waals surface area contributed by atoms with E-state index in [1.165, 1.54) is 50.2 Å². The van der Waals surface area contributed by atoms with E-state index in [1.807, 2.05) is 0 Å². The van der Waals surface area contributed by atoms with Crippen LogP contribution >= 0.6 is 0 Å². The van der Waals surface area contributed by atoms with Crippen molar-refractivity contribution in [1.29, 1.82) is 0 Å². The van der Waals surface area contributed by atoms with Gasteiger partial charge in [0.15, 0.2) is 0 Å². The van der Waals surface area contributed by atoms with Gasteiger partial charge in [-0.15, -0.1) is 0 Å². The van der Waals surface area contributed by atoms with Gasteiger partial charge in [-0.05, 0) is 60.6 Å². The summed E-state index contributed by atoms with van der Waals surface area (Å²) < 4.78 is 0. The number of hydrogen-bond acceptors (Lipinski definition) is 0. The molecule has 0 saturated carbocycles. The summed E-state index contributed by atoms with van der Waals surface area (Å²) in [5, 5.41) is 3.77. The Morgan fingerprint density at radius 2 is 1.72 bits per heavy atom. The molecule has 3 aromatic rings. The third-order valence-electron chi connectivity index (χ3n) is 5.73. The molecule has 1 unspecified atom stereocenters. The molecule has 1 N–H and O–H groups in total. The highest BCUT2D eigenvalue weighted by molar-refractivity contribution is 5.85. The number of aromatic amines is 1. The predicted molar refractivity (Wildman–Crippen MR) is 128 cm³/mol. The standard InChI is InChI=1S/C28H33N/c1-6-20(3)13-12-14-21(4)19-27-28(25-17-10-11-18-26(25)29-27)22(5)24-16-9-8-15-23(24)7-2/h8-20,29H,6-7H2,1-5H3/b13-12-,21-14+,27-19+,28-22+. The largest absolute Gasteiger partial charge is 0.354 e. The molecule has 3 rings (SSSR count). The fourth-order valence-corrected chi connectivity index (χ4v) is 3.81. The molecule has 0 spiro atoms. The first-order valence-corrected chi connectivity index (χ1v) is 10.8. The number of H-pyrrole nitrogens is 1. The van der Waals surface area contributed by atoms with E-state index in [0.717, 1.165) is 6.42 Å². The number of aromatic nitrogens is 1. The van der Waals surface area contributed by atoms with Crippen LogP contribution in [-0.4, -0.2) is 4.98 Å². The van der Waals surface area contributed by atoms with Gasteiger partial charge in [-0.25, -0.2) is 0 Å². The number of rotatable bonds is 6. The van der Waals surface area contributed by atoms with Crippen molar-refractivity contribution in [2.75, 3.05) is 0 Å². The number of hydrogen-bond donors (Lipinski definition) is 1. The molecule has 1 nitrogen and oxygen atoms in total. The van der Waals surface area contributed by atoms with E-state index in [4.69, 9.17) is 0 Å². The molecule has 1 aromatic heterocycles. The summed E-state index contributed by atoms with van der Waals surface area (Å²) in [4.78, 5) is 3.65. The van der Waals surface area contributed by atoms with Crippen molar-refractivity contribution in [3.05, 3.63) is 94.0 Å². The monoisotopic (exact) mass is 383 g/mol. The van der Waals surface area contributed by atoms with E-state index in [0.29, 0.717) is 5.92 Å². The Morgan fingerprint density at radius 1 is 1.00 bits per heavy atom. The fraction of sp³-hybridized carbons (Fsp3) is 0.286. The normalized spacial score (nSPS) is 15.3. The Balaban J connectivity index is 2.25. The van der Waals surface area contributed by atoms with Gasteiger partial charge in [0.25, 0.3) is 0 Å². The second kappa shape index (κ2) is 9.60. The first kappa shape index (κ1) is 20.9. The van der Waals surface area contributed by atoms with Crippen molar-refractivity contribution in [2.24, 2.45) is 5.92 Å². The van der Waals surface area contributed by atoms with Gasteiger partial charge >= 0.3 is 0 Å². The molecule has 1 heteroatoms. The van der Waals surface area contributed by atoms with Crippen molar-refractivity contribution < 1.29 is 0 Å². The number of benzene rings is 2. The molecule has 0 radical (unpaired) electrons. The van der Waals surface area contributed by atoms with Crippen LogP contribution in [0.2, 0.25) is 0 Å². The zero-order valence-electron chi connectivity index (χ0n) is 18.4. The Labute approximate surface area is 175 Å². The average molecular weight is 384 g/mol. The lowest BCUT2D eigenvalue weighted by molar-refractivity contribution is 0.698. The summed E-state index contributed by atoms with van der Waals surface area (Å²) in [6.07, 6.45) is 11.1. The Kier molecular flexibility index (Phi) is 6.93. The molecule has 0 aliphatic heterocycles. The quantitative estimate of drug-likeness (QED) is 0.482. The van der Waals surface area contributed by atoms with Gasteiger partial charge in [-0.2, -0.15) is 0 Å². The van der Waals surface area contributed by atoms with E-state index in [1.54, 1.807) is 0 Å². The maximum Gasteiger partial charge on any atom is 0.0470 e. The summed E-state index contributed by atoms with van der Waals surface area (Å²) in [6.45, 7) is 11.1. The minimum atomic E-state index is 0.615. The zero-order chi connectivity index (χ0) is 20.8. The lowest BCUT2D eigenvalue weighted by Crippen LogP contribution is -2.25. The topological polar surface area (TPSA) is 15.8 Å². The molecule has 0 fully saturated rings. The highest BCUT2D eigenvalue weighted by Crippen LogP contribution is 2.18. The zero-order valence-corrected chi connectivity index (χ0v) is 18.4. The molecular weight excluding hydrogens is 350 g/mol. The number of para-hydroxylation sites is 1. The van der Waals surface area contributed by atoms with Crippen LogP contribution in [0.3, 0.4) is 0 Å². The van der Waals surface area contributed by atoms with E-state index in [-0.39, 0.29) is 0 Å². The predicted octanol–water partition coefficient (Wildman–Crippen LogP) is 6.28. The fourth-order valence-electron chi connectivity index (χ4n) is 3.81. The van der Waals surface area contributed by atoms with Crippen molar-refractivity contribution >= 4 is 22.6 Å². The molecule has 150 valence electrons. The van der Waals surface area contributed by atoms with Gasteiger partial charge in [0.05, 0.1) is 0 Å². The second-order valence-corrected chi connectivity index (χ2v) is 7.92. The van der Waals surface area contributed by atoms with E-state index in [9.17, 15) is 0 Å². The molecule has 29 heavy (non-hydrogen) atoms.